The van der Waals surface area contributed by atoms with Crippen LogP contribution in [-0.4, -0.2) is 30.5 Å². The Balaban J connectivity index is 2.31. The average Bonchev–Trinajstić information content (AvgIpc) is 2.70. The molecule has 2 N–H and O–H groups in total. The van der Waals surface area contributed by atoms with Gasteiger partial charge < -0.3 is 5.32 Å². The molecule has 0 saturated carbocycles. The molecule has 0 spiro atoms. The Kier molecular flexibility index (Phi) is 4.41. The minimum Gasteiger partial charge on any atom is -0.316 e. The van der Waals surface area contributed by atoms with Gasteiger partial charge in [0.25, 0.3) is 10.0 Å². The molecule has 108 valence electrons. The summed E-state index contributed by atoms with van der Waals surface area (Å²) >= 11 is 3.08. The Labute approximate surface area is 125 Å². The highest BCUT2D eigenvalue weighted by Crippen LogP contribution is 2.21. The van der Waals surface area contributed by atoms with Crippen LogP contribution in [0.15, 0.2) is 33.9 Å². The van der Waals surface area contributed by atoms with Crippen molar-refractivity contribution in [3.05, 3.63) is 34.4 Å². The zero-order valence-corrected chi connectivity index (χ0v) is 13.4. The lowest BCUT2D eigenvalue weighted by molar-refractivity contribution is 0.578. The molecule has 0 fully saturated rings. The van der Waals surface area contributed by atoms with E-state index in [1.54, 1.807) is 18.2 Å². The molecule has 0 aliphatic rings. The number of nitrogens with one attached hydrogen (secondary N) is 2. The summed E-state index contributed by atoms with van der Waals surface area (Å²) in [6, 6.07) is 7.16. The monoisotopic (exact) mass is 359 g/mol. The third-order valence-corrected chi connectivity index (χ3v) is 4.82. The maximum Gasteiger partial charge on any atom is 0.281 e. The summed E-state index contributed by atoms with van der Waals surface area (Å²) in [4.78, 5) is 0. The number of sulfonamides is 1. The molecule has 7 nitrogen and oxygen atoms in total. The van der Waals surface area contributed by atoms with Crippen molar-refractivity contribution in [3.8, 4) is 0 Å². The molecule has 0 bridgehead atoms. The van der Waals surface area contributed by atoms with Crippen LogP contribution >= 0.6 is 15.9 Å². The van der Waals surface area contributed by atoms with E-state index in [-0.39, 0.29) is 9.63 Å². The third-order valence-electron chi connectivity index (χ3n) is 2.55. The van der Waals surface area contributed by atoms with E-state index < -0.39 is 10.0 Å². The van der Waals surface area contributed by atoms with Gasteiger partial charge in [0.2, 0.25) is 5.03 Å². The van der Waals surface area contributed by atoms with E-state index in [4.69, 9.17) is 0 Å². The second-order valence-corrected chi connectivity index (χ2v) is 6.49. The van der Waals surface area contributed by atoms with Crippen molar-refractivity contribution in [2.45, 2.75) is 11.6 Å². The van der Waals surface area contributed by atoms with Crippen molar-refractivity contribution in [2.24, 2.45) is 7.05 Å². The summed E-state index contributed by atoms with van der Waals surface area (Å²) in [7, 11) is -0.396. The van der Waals surface area contributed by atoms with Crippen LogP contribution in [-0.2, 0) is 23.6 Å². The maximum absolute atomic E-state index is 12.3. The van der Waals surface area contributed by atoms with Crippen molar-refractivity contribution < 1.29 is 8.42 Å². The second-order valence-electron chi connectivity index (χ2n) is 4.15. The van der Waals surface area contributed by atoms with Crippen molar-refractivity contribution in [1.82, 2.24) is 20.3 Å². The molecule has 0 aliphatic carbocycles. The van der Waals surface area contributed by atoms with E-state index in [1.807, 2.05) is 13.1 Å². The fourth-order valence-electron chi connectivity index (χ4n) is 1.76. The van der Waals surface area contributed by atoms with Crippen LogP contribution in [0.2, 0.25) is 0 Å². The van der Waals surface area contributed by atoms with Gasteiger partial charge in [-0.15, -0.1) is 5.10 Å². The highest BCUT2D eigenvalue weighted by Gasteiger charge is 2.23. The average molecular weight is 360 g/mol. The molecule has 0 unspecified atom stereocenters. The number of nitrogens with zero attached hydrogens (tertiary/aromatic N) is 3. The lowest BCUT2D eigenvalue weighted by atomic mass is 10.2. The summed E-state index contributed by atoms with van der Waals surface area (Å²) < 4.78 is 28.5. The quantitative estimate of drug-likeness (QED) is 0.834. The van der Waals surface area contributed by atoms with Gasteiger partial charge in [-0.3, -0.25) is 4.72 Å². The number of anilines is 1. The number of halogens is 1. The molecule has 1 aromatic carbocycles. The van der Waals surface area contributed by atoms with Crippen LogP contribution in [0.5, 0.6) is 0 Å². The van der Waals surface area contributed by atoms with Crippen molar-refractivity contribution in [1.29, 1.82) is 0 Å². The fourth-order valence-corrected chi connectivity index (χ4v) is 3.91. The smallest absolute Gasteiger partial charge is 0.281 e. The van der Waals surface area contributed by atoms with Crippen molar-refractivity contribution in [3.63, 3.8) is 0 Å². The molecule has 0 aliphatic heterocycles. The van der Waals surface area contributed by atoms with E-state index in [0.29, 0.717) is 12.2 Å². The van der Waals surface area contributed by atoms with Crippen LogP contribution in [0.25, 0.3) is 0 Å². The molecule has 1 aromatic heterocycles. The summed E-state index contributed by atoms with van der Waals surface area (Å²) in [5, 5.41) is 10.3. The minimum absolute atomic E-state index is 0.0171. The molecule has 2 aromatic rings. The zero-order chi connectivity index (χ0) is 14.8. The highest BCUT2D eigenvalue weighted by molar-refractivity contribution is 9.10. The molecule has 0 atom stereocenters. The topological polar surface area (TPSA) is 88.9 Å². The maximum atomic E-state index is 12.3. The normalized spacial score (nSPS) is 11.6. The predicted molar refractivity (Wildman–Crippen MR) is 78.7 cm³/mol. The van der Waals surface area contributed by atoms with E-state index in [9.17, 15) is 8.42 Å². The Morgan fingerprint density at radius 3 is 2.75 bits per heavy atom. The van der Waals surface area contributed by atoms with Gasteiger partial charge in [-0.05, 0) is 40.7 Å². The van der Waals surface area contributed by atoms with Gasteiger partial charge in [0.05, 0.1) is 0 Å². The Morgan fingerprint density at radius 1 is 1.40 bits per heavy atom. The first-order valence-corrected chi connectivity index (χ1v) is 8.03. The van der Waals surface area contributed by atoms with Gasteiger partial charge in [0.15, 0.2) is 4.60 Å². The number of hydrogen-bond acceptors (Lipinski definition) is 5. The molecular formula is C11H14BrN5O2S. The van der Waals surface area contributed by atoms with Crippen LogP contribution in [0.3, 0.4) is 0 Å². The van der Waals surface area contributed by atoms with E-state index in [0.717, 1.165) is 5.56 Å². The van der Waals surface area contributed by atoms with Gasteiger partial charge in [-0.25, -0.2) is 4.68 Å². The molecule has 9 heteroatoms. The van der Waals surface area contributed by atoms with Crippen molar-refractivity contribution in [2.75, 3.05) is 11.8 Å². The second kappa shape index (κ2) is 5.90. The van der Waals surface area contributed by atoms with Crippen LogP contribution in [0.1, 0.15) is 5.56 Å². The fraction of sp³-hybridized carbons (Fsp3) is 0.273. The van der Waals surface area contributed by atoms with E-state index >= 15 is 0 Å². The van der Waals surface area contributed by atoms with E-state index in [2.05, 4.69) is 36.3 Å². The highest BCUT2D eigenvalue weighted by atomic mass is 79.9. The van der Waals surface area contributed by atoms with Gasteiger partial charge in [0, 0.05) is 19.3 Å². The first-order chi connectivity index (χ1) is 9.44. The molecule has 1 heterocycles. The van der Waals surface area contributed by atoms with Gasteiger partial charge >= 0.3 is 0 Å². The number of rotatable bonds is 5. The van der Waals surface area contributed by atoms with E-state index in [1.165, 1.54) is 11.7 Å². The first kappa shape index (κ1) is 14.9. The van der Waals surface area contributed by atoms with Crippen LogP contribution < -0.4 is 10.0 Å². The largest absolute Gasteiger partial charge is 0.316 e. The summed E-state index contributed by atoms with van der Waals surface area (Å²) in [6.45, 7) is 0.659. The number of aromatic nitrogens is 3. The Morgan fingerprint density at radius 2 is 2.15 bits per heavy atom. The third kappa shape index (κ3) is 3.17. The summed E-state index contributed by atoms with van der Waals surface area (Å²) in [5.41, 5.74) is 1.47. The molecule has 20 heavy (non-hydrogen) atoms. The predicted octanol–water partition coefficient (Wildman–Crippen LogP) is 1.10. The van der Waals surface area contributed by atoms with Gasteiger partial charge in [-0.2, -0.15) is 8.42 Å². The van der Waals surface area contributed by atoms with Gasteiger partial charge in [-0.1, -0.05) is 17.3 Å². The Hall–Kier alpha value is -1.45. The van der Waals surface area contributed by atoms with Crippen LogP contribution in [0.4, 0.5) is 5.69 Å². The number of benzene rings is 1. The number of hydrogen-bond donors (Lipinski definition) is 2. The standard InChI is InChI=1S/C11H14BrN5O2S/c1-13-7-8-4-3-5-9(6-8)15-20(18,19)11-10(12)14-16-17(11)2/h3-6,13,15H,7H2,1-2H3. The van der Waals surface area contributed by atoms with Gasteiger partial charge in [0.1, 0.15) is 0 Å². The molecule has 0 radical (unpaired) electrons. The van der Waals surface area contributed by atoms with Crippen molar-refractivity contribution >= 4 is 31.6 Å². The number of aryl methyl sites for hydroxylation is 1. The summed E-state index contributed by atoms with van der Waals surface area (Å²) in [5.74, 6) is 0. The lowest BCUT2D eigenvalue weighted by Gasteiger charge is -2.09. The summed E-state index contributed by atoms with van der Waals surface area (Å²) in [6.07, 6.45) is 0. The lowest BCUT2D eigenvalue weighted by Crippen LogP contribution is -2.17. The zero-order valence-electron chi connectivity index (χ0n) is 11.0. The SMILES string of the molecule is CNCc1cccc(NS(=O)(=O)c2c(Br)nnn2C)c1. The molecule has 2 rings (SSSR count). The first-order valence-electron chi connectivity index (χ1n) is 5.75. The molecular weight excluding hydrogens is 346 g/mol. The Bertz CT molecular complexity index is 694. The minimum atomic E-state index is -3.74. The van der Waals surface area contributed by atoms with Crippen LogP contribution in [0, 0.1) is 0 Å². The molecule has 0 saturated heterocycles. The molecule has 0 amide bonds.